The van der Waals surface area contributed by atoms with Crippen LogP contribution in [0, 0.1) is 0 Å². The maximum absolute atomic E-state index is 5.31. The van der Waals surface area contributed by atoms with Crippen LogP contribution in [0.25, 0.3) is 22.5 Å². The molecule has 0 radical (unpaired) electrons. The van der Waals surface area contributed by atoms with Gasteiger partial charge in [-0.25, -0.2) is 9.97 Å². The molecule has 3 heterocycles. The summed E-state index contributed by atoms with van der Waals surface area (Å²) >= 11 is 0. The first-order chi connectivity index (χ1) is 8.55. The van der Waals surface area contributed by atoms with Gasteiger partial charge in [-0.1, -0.05) is 25.9 Å². The van der Waals surface area contributed by atoms with Gasteiger partial charge in [0.15, 0.2) is 5.82 Å². The van der Waals surface area contributed by atoms with E-state index >= 15 is 0 Å². The lowest BCUT2D eigenvalue weighted by Gasteiger charge is -2.10. The molecule has 0 atom stereocenters. The number of fused-ring (bicyclic) bond motifs is 1. The van der Waals surface area contributed by atoms with Crippen molar-refractivity contribution in [2.24, 2.45) is 0 Å². The molecule has 18 heavy (non-hydrogen) atoms. The molecule has 3 rings (SSSR count). The Bertz CT molecular complexity index is 692. The molecule has 0 amide bonds. The molecule has 0 fully saturated rings. The highest BCUT2D eigenvalue weighted by Gasteiger charge is 2.22. The van der Waals surface area contributed by atoms with Crippen LogP contribution in [-0.4, -0.2) is 25.1 Å². The summed E-state index contributed by atoms with van der Waals surface area (Å²) in [6.45, 7) is 6.12. The molecular formula is C12H13N5O. The van der Waals surface area contributed by atoms with Gasteiger partial charge in [-0.2, -0.15) is 4.98 Å². The van der Waals surface area contributed by atoms with E-state index < -0.39 is 0 Å². The predicted octanol–water partition coefficient (Wildman–Crippen LogP) is 2.31. The van der Waals surface area contributed by atoms with Crippen LogP contribution in [0.2, 0.25) is 0 Å². The third-order valence-corrected chi connectivity index (χ3v) is 2.68. The number of hydrogen-bond donors (Lipinski definition) is 1. The largest absolute Gasteiger partial charge is 0.345 e. The molecule has 0 aliphatic heterocycles. The first-order valence-electron chi connectivity index (χ1n) is 5.67. The lowest BCUT2D eigenvalue weighted by Crippen LogP contribution is -2.13. The van der Waals surface area contributed by atoms with Crippen LogP contribution in [0.4, 0.5) is 0 Å². The third-order valence-electron chi connectivity index (χ3n) is 2.68. The molecule has 0 saturated carbocycles. The highest BCUT2D eigenvalue weighted by atomic mass is 16.5. The SMILES string of the molecule is CC(C)(C)c1noc(-c2c[nH]c3ncncc23)n1. The monoisotopic (exact) mass is 243 g/mol. The van der Waals surface area contributed by atoms with Crippen molar-refractivity contribution in [3.8, 4) is 11.5 Å². The quantitative estimate of drug-likeness (QED) is 0.709. The Morgan fingerprint density at radius 3 is 2.83 bits per heavy atom. The van der Waals surface area contributed by atoms with Crippen LogP contribution in [0.3, 0.4) is 0 Å². The van der Waals surface area contributed by atoms with Crippen molar-refractivity contribution in [3.63, 3.8) is 0 Å². The van der Waals surface area contributed by atoms with Crippen LogP contribution < -0.4 is 0 Å². The third kappa shape index (κ3) is 1.66. The van der Waals surface area contributed by atoms with E-state index in [1.165, 1.54) is 6.33 Å². The van der Waals surface area contributed by atoms with Crippen molar-refractivity contribution in [3.05, 3.63) is 24.5 Å². The zero-order valence-electron chi connectivity index (χ0n) is 10.4. The molecule has 3 aromatic heterocycles. The minimum absolute atomic E-state index is 0.135. The number of H-pyrrole nitrogens is 1. The summed E-state index contributed by atoms with van der Waals surface area (Å²) in [6.07, 6.45) is 5.03. The van der Waals surface area contributed by atoms with Gasteiger partial charge in [0.1, 0.15) is 12.0 Å². The van der Waals surface area contributed by atoms with E-state index in [1.54, 1.807) is 12.4 Å². The van der Waals surface area contributed by atoms with Crippen molar-refractivity contribution in [1.82, 2.24) is 25.1 Å². The average molecular weight is 243 g/mol. The maximum atomic E-state index is 5.31. The second-order valence-corrected chi connectivity index (χ2v) is 5.16. The molecular weight excluding hydrogens is 230 g/mol. The first-order valence-corrected chi connectivity index (χ1v) is 5.67. The van der Waals surface area contributed by atoms with Gasteiger partial charge in [0.2, 0.25) is 0 Å². The summed E-state index contributed by atoms with van der Waals surface area (Å²) in [5, 5.41) is 4.89. The van der Waals surface area contributed by atoms with Crippen molar-refractivity contribution < 1.29 is 4.52 Å². The molecule has 1 N–H and O–H groups in total. The molecule has 6 nitrogen and oxygen atoms in total. The van der Waals surface area contributed by atoms with Crippen molar-refractivity contribution >= 4 is 11.0 Å². The number of aromatic nitrogens is 5. The number of nitrogens with zero attached hydrogens (tertiary/aromatic N) is 4. The van der Waals surface area contributed by atoms with Crippen molar-refractivity contribution in [2.45, 2.75) is 26.2 Å². The lowest BCUT2D eigenvalue weighted by atomic mass is 9.96. The van der Waals surface area contributed by atoms with Gasteiger partial charge in [0.25, 0.3) is 5.89 Å². The smallest absolute Gasteiger partial charge is 0.260 e. The maximum Gasteiger partial charge on any atom is 0.260 e. The highest BCUT2D eigenvalue weighted by Crippen LogP contribution is 2.27. The first kappa shape index (κ1) is 10.9. The fraction of sp³-hybridized carbons (Fsp3) is 0.333. The van der Waals surface area contributed by atoms with E-state index in [4.69, 9.17) is 4.52 Å². The predicted molar refractivity (Wildman–Crippen MR) is 65.9 cm³/mol. The summed E-state index contributed by atoms with van der Waals surface area (Å²) in [5.74, 6) is 1.17. The Hall–Kier alpha value is -2.24. The number of rotatable bonds is 1. The minimum Gasteiger partial charge on any atom is -0.345 e. The summed E-state index contributed by atoms with van der Waals surface area (Å²) in [5.41, 5.74) is 1.45. The van der Waals surface area contributed by atoms with Gasteiger partial charge in [-0.15, -0.1) is 0 Å². The molecule has 0 unspecified atom stereocenters. The van der Waals surface area contributed by atoms with Gasteiger partial charge >= 0.3 is 0 Å². The molecule has 6 heteroatoms. The Kier molecular flexibility index (Phi) is 2.19. The molecule has 0 aliphatic carbocycles. The fourth-order valence-corrected chi connectivity index (χ4v) is 1.67. The Balaban J connectivity index is 2.13. The Labute approximate surface area is 103 Å². The number of nitrogens with one attached hydrogen (secondary N) is 1. The van der Waals surface area contributed by atoms with Gasteiger partial charge in [-0.05, 0) is 0 Å². The van der Waals surface area contributed by atoms with Gasteiger partial charge < -0.3 is 9.51 Å². The number of aromatic amines is 1. The van der Waals surface area contributed by atoms with Crippen LogP contribution in [0.15, 0.2) is 23.2 Å². The van der Waals surface area contributed by atoms with Gasteiger partial charge in [0, 0.05) is 23.2 Å². The van der Waals surface area contributed by atoms with E-state index in [0.717, 1.165) is 16.6 Å². The van der Waals surface area contributed by atoms with Crippen molar-refractivity contribution in [1.29, 1.82) is 0 Å². The summed E-state index contributed by atoms with van der Waals surface area (Å²) in [4.78, 5) is 15.6. The molecule has 3 aromatic rings. The molecule has 0 aliphatic rings. The second kappa shape index (κ2) is 3.63. The Morgan fingerprint density at radius 1 is 1.28 bits per heavy atom. The molecule has 92 valence electrons. The Morgan fingerprint density at radius 2 is 2.11 bits per heavy atom. The second-order valence-electron chi connectivity index (χ2n) is 5.16. The fourth-order valence-electron chi connectivity index (χ4n) is 1.67. The molecule has 0 aromatic carbocycles. The summed E-state index contributed by atoms with van der Waals surface area (Å²) in [6, 6.07) is 0. The van der Waals surface area contributed by atoms with E-state index in [2.05, 4.69) is 25.1 Å². The number of hydrogen-bond acceptors (Lipinski definition) is 5. The minimum atomic E-state index is -0.135. The van der Waals surface area contributed by atoms with Crippen LogP contribution in [-0.2, 0) is 5.41 Å². The van der Waals surface area contributed by atoms with Crippen LogP contribution >= 0.6 is 0 Å². The highest BCUT2D eigenvalue weighted by molar-refractivity contribution is 5.90. The van der Waals surface area contributed by atoms with Crippen molar-refractivity contribution in [2.75, 3.05) is 0 Å². The average Bonchev–Trinajstić information content (AvgIpc) is 2.94. The zero-order valence-corrected chi connectivity index (χ0v) is 10.4. The normalized spacial score (nSPS) is 12.2. The topological polar surface area (TPSA) is 80.5 Å². The summed E-state index contributed by atoms with van der Waals surface area (Å²) < 4.78 is 5.31. The molecule has 0 spiro atoms. The van der Waals surface area contributed by atoms with Crippen LogP contribution in [0.1, 0.15) is 26.6 Å². The van der Waals surface area contributed by atoms with E-state index in [-0.39, 0.29) is 5.41 Å². The zero-order chi connectivity index (χ0) is 12.8. The van der Waals surface area contributed by atoms with E-state index in [0.29, 0.717) is 11.7 Å². The van der Waals surface area contributed by atoms with Gasteiger partial charge in [0.05, 0.1) is 5.56 Å². The molecule has 0 bridgehead atoms. The molecule has 0 saturated heterocycles. The van der Waals surface area contributed by atoms with E-state index in [9.17, 15) is 0 Å². The standard InChI is InChI=1S/C12H13N5O/c1-12(2,3)11-16-10(18-17-11)8-5-14-9-7(8)4-13-6-15-9/h4-6H,1-3H3,(H,13,14,15). The van der Waals surface area contributed by atoms with Gasteiger partial charge in [-0.3, -0.25) is 0 Å². The van der Waals surface area contributed by atoms with E-state index in [1.807, 2.05) is 20.8 Å². The summed E-state index contributed by atoms with van der Waals surface area (Å²) in [7, 11) is 0. The van der Waals surface area contributed by atoms with Crippen LogP contribution in [0.5, 0.6) is 0 Å². The lowest BCUT2D eigenvalue weighted by molar-refractivity contribution is 0.402.